The van der Waals surface area contributed by atoms with Gasteiger partial charge in [-0.1, -0.05) is 18.9 Å². The number of guanidine groups is 1. The van der Waals surface area contributed by atoms with Crippen molar-refractivity contribution in [3.05, 3.63) is 29.8 Å². The van der Waals surface area contributed by atoms with Crippen molar-refractivity contribution in [2.24, 2.45) is 16.6 Å². The van der Waals surface area contributed by atoms with Gasteiger partial charge in [0, 0.05) is 24.3 Å². The Morgan fingerprint density at radius 2 is 2.17 bits per heavy atom. The van der Waals surface area contributed by atoms with E-state index in [2.05, 4.69) is 23.2 Å². The van der Waals surface area contributed by atoms with E-state index >= 15 is 0 Å². The first-order valence-electron chi connectivity index (χ1n) is 7.50. The van der Waals surface area contributed by atoms with Crippen LogP contribution in [0.15, 0.2) is 29.3 Å². The molecule has 1 heterocycles. The van der Waals surface area contributed by atoms with Gasteiger partial charge in [-0.25, -0.2) is 4.99 Å². The summed E-state index contributed by atoms with van der Waals surface area (Å²) in [6.07, 6.45) is 7.56. The lowest BCUT2D eigenvalue weighted by Crippen LogP contribution is -2.42. The molecule has 0 atom stereocenters. The predicted octanol–water partition coefficient (Wildman–Crippen LogP) is 2.27. The molecule has 1 aliphatic rings. The Balaban J connectivity index is 0.00000264. The fourth-order valence-corrected chi connectivity index (χ4v) is 2.38. The van der Waals surface area contributed by atoms with E-state index in [0.717, 1.165) is 37.4 Å². The minimum Gasteiger partial charge on any atom is -0.370 e. The molecular weight excluding hydrogens is 403 g/mol. The number of hydrogen-bond acceptors (Lipinski definition) is 2. The van der Waals surface area contributed by atoms with E-state index in [0.29, 0.717) is 11.6 Å². The van der Waals surface area contributed by atoms with E-state index in [-0.39, 0.29) is 36.4 Å². The Labute approximate surface area is 154 Å². The summed E-state index contributed by atoms with van der Waals surface area (Å²) in [5.74, 6) is 3.50. The maximum atomic E-state index is 11.9. The number of terminal acetylenes is 1. The summed E-state index contributed by atoms with van der Waals surface area (Å²) < 4.78 is 0. The number of halogens is 1. The van der Waals surface area contributed by atoms with Gasteiger partial charge in [0.15, 0.2) is 5.96 Å². The Bertz CT molecular complexity index is 601. The highest BCUT2D eigenvalue weighted by atomic mass is 127. The molecule has 3 N–H and O–H groups in total. The van der Waals surface area contributed by atoms with Crippen molar-refractivity contribution in [3.63, 3.8) is 0 Å². The van der Waals surface area contributed by atoms with Crippen molar-refractivity contribution in [1.82, 2.24) is 4.90 Å². The molecule has 1 saturated heterocycles. The molecule has 0 unspecified atom stereocenters. The third-order valence-corrected chi connectivity index (χ3v) is 3.81. The van der Waals surface area contributed by atoms with E-state index in [9.17, 15) is 4.79 Å². The Hall–Kier alpha value is -1.75. The number of nitrogens with zero attached hydrogens (tertiary/aromatic N) is 2. The first kappa shape index (κ1) is 19.3. The summed E-state index contributed by atoms with van der Waals surface area (Å²) in [6, 6.07) is 7.15. The molecule has 1 aliphatic heterocycles. The van der Waals surface area contributed by atoms with Gasteiger partial charge in [-0.3, -0.25) is 4.79 Å². The Morgan fingerprint density at radius 1 is 1.48 bits per heavy atom. The van der Waals surface area contributed by atoms with E-state index < -0.39 is 0 Å². The van der Waals surface area contributed by atoms with Crippen LogP contribution in [0.5, 0.6) is 0 Å². The summed E-state index contributed by atoms with van der Waals surface area (Å²) in [5, 5.41) is 2.77. The second-order valence-corrected chi connectivity index (χ2v) is 5.62. The number of nitrogens with one attached hydrogen (secondary N) is 1. The lowest BCUT2D eigenvalue weighted by atomic mass is 10.00. The topological polar surface area (TPSA) is 70.7 Å². The van der Waals surface area contributed by atoms with E-state index in [1.807, 2.05) is 11.0 Å². The van der Waals surface area contributed by atoms with Gasteiger partial charge in [-0.2, -0.15) is 0 Å². The number of hydrogen-bond donors (Lipinski definition) is 2. The molecule has 0 aromatic heterocycles. The van der Waals surface area contributed by atoms with Crippen LogP contribution in [-0.4, -0.2) is 36.4 Å². The molecule has 1 aromatic rings. The van der Waals surface area contributed by atoms with Gasteiger partial charge in [0.25, 0.3) is 0 Å². The fourth-order valence-electron chi connectivity index (χ4n) is 2.38. The molecule has 1 amide bonds. The van der Waals surface area contributed by atoms with Crippen molar-refractivity contribution in [2.75, 3.05) is 25.0 Å². The largest absolute Gasteiger partial charge is 0.370 e. The number of anilines is 1. The molecule has 0 bridgehead atoms. The molecule has 0 saturated carbocycles. The average Bonchev–Trinajstić information content (AvgIpc) is 2.53. The molecule has 0 aliphatic carbocycles. The van der Waals surface area contributed by atoms with Crippen LogP contribution < -0.4 is 11.1 Å². The lowest BCUT2D eigenvalue weighted by molar-refractivity contribution is -0.114. The zero-order valence-corrected chi connectivity index (χ0v) is 15.6. The van der Waals surface area contributed by atoms with Crippen molar-refractivity contribution < 1.29 is 4.79 Å². The molecule has 23 heavy (non-hydrogen) atoms. The number of carbonyl (C=O) groups is 1. The zero-order chi connectivity index (χ0) is 15.9. The Kier molecular flexibility index (Phi) is 7.89. The van der Waals surface area contributed by atoms with E-state index in [1.54, 1.807) is 18.2 Å². The van der Waals surface area contributed by atoms with Crippen molar-refractivity contribution >= 4 is 41.5 Å². The van der Waals surface area contributed by atoms with Crippen LogP contribution in [0, 0.1) is 18.3 Å². The highest BCUT2D eigenvalue weighted by Gasteiger charge is 2.17. The number of amides is 1. The molecular formula is C17H23IN4O. The van der Waals surface area contributed by atoms with Crippen LogP contribution in [0.3, 0.4) is 0 Å². The van der Waals surface area contributed by atoms with Crippen LogP contribution in [0.2, 0.25) is 0 Å². The number of rotatable bonds is 3. The van der Waals surface area contributed by atoms with Gasteiger partial charge in [0.05, 0.1) is 0 Å². The van der Waals surface area contributed by atoms with Gasteiger partial charge in [-0.15, -0.1) is 30.4 Å². The number of nitrogens with two attached hydrogens (primary N) is 1. The summed E-state index contributed by atoms with van der Waals surface area (Å²) in [4.78, 5) is 18.1. The minimum absolute atomic E-state index is 0. The smallest absolute Gasteiger partial charge is 0.246 e. The number of aliphatic imine (C=N–C) groups is 1. The Morgan fingerprint density at radius 3 is 2.83 bits per heavy atom. The highest BCUT2D eigenvalue weighted by Crippen LogP contribution is 2.15. The van der Waals surface area contributed by atoms with Gasteiger partial charge < -0.3 is 16.0 Å². The first-order chi connectivity index (χ1) is 10.6. The molecule has 0 spiro atoms. The maximum Gasteiger partial charge on any atom is 0.246 e. The molecule has 2 rings (SSSR count). The standard InChI is InChI=1S/C17H22N4O.HI/c1-3-14-5-4-6-15(11-14)20-16(22)12-19-17(18)21-9-7-13(2)8-10-21;/h1,4-6,11,13H,7-10,12H2,2H3,(H2,18,19)(H,20,22);1H. The summed E-state index contributed by atoms with van der Waals surface area (Å²) in [7, 11) is 0. The minimum atomic E-state index is -0.206. The van der Waals surface area contributed by atoms with Gasteiger partial charge in [0.2, 0.25) is 5.91 Å². The quantitative estimate of drug-likeness (QED) is 0.337. The fraction of sp³-hybridized carbons (Fsp3) is 0.412. The third kappa shape index (κ3) is 6.10. The van der Waals surface area contributed by atoms with E-state index in [4.69, 9.17) is 12.2 Å². The molecule has 1 aromatic carbocycles. The summed E-state index contributed by atoms with van der Waals surface area (Å²) in [5.41, 5.74) is 7.34. The van der Waals surface area contributed by atoms with Gasteiger partial charge >= 0.3 is 0 Å². The van der Waals surface area contributed by atoms with Crippen molar-refractivity contribution in [3.8, 4) is 12.3 Å². The van der Waals surface area contributed by atoms with Crippen LogP contribution in [0.4, 0.5) is 5.69 Å². The van der Waals surface area contributed by atoms with Crippen LogP contribution >= 0.6 is 24.0 Å². The van der Waals surface area contributed by atoms with Crippen molar-refractivity contribution in [2.45, 2.75) is 19.8 Å². The van der Waals surface area contributed by atoms with E-state index in [1.165, 1.54) is 0 Å². The molecule has 0 radical (unpaired) electrons. The average molecular weight is 426 g/mol. The molecule has 124 valence electrons. The van der Waals surface area contributed by atoms with Gasteiger partial charge in [-0.05, 0) is 37.0 Å². The lowest BCUT2D eigenvalue weighted by Gasteiger charge is -2.30. The number of piperidine rings is 1. The van der Waals surface area contributed by atoms with Crippen LogP contribution in [0.25, 0.3) is 0 Å². The number of likely N-dealkylation sites (tertiary alicyclic amines) is 1. The second kappa shape index (κ2) is 9.40. The second-order valence-electron chi connectivity index (χ2n) is 5.62. The maximum absolute atomic E-state index is 11.9. The molecule has 5 nitrogen and oxygen atoms in total. The SMILES string of the molecule is C#Cc1cccc(NC(=O)CN=C(N)N2CCC(C)CC2)c1.I. The highest BCUT2D eigenvalue weighted by molar-refractivity contribution is 14.0. The van der Waals surface area contributed by atoms with Crippen LogP contribution in [-0.2, 0) is 4.79 Å². The normalized spacial score (nSPS) is 15.5. The molecule has 1 fully saturated rings. The summed E-state index contributed by atoms with van der Waals surface area (Å²) in [6.45, 7) is 4.06. The number of carbonyl (C=O) groups excluding carboxylic acids is 1. The molecule has 6 heteroatoms. The zero-order valence-electron chi connectivity index (χ0n) is 13.3. The number of benzene rings is 1. The van der Waals surface area contributed by atoms with Crippen LogP contribution in [0.1, 0.15) is 25.3 Å². The van der Waals surface area contributed by atoms with Crippen molar-refractivity contribution in [1.29, 1.82) is 0 Å². The predicted molar refractivity (Wildman–Crippen MR) is 105 cm³/mol. The third-order valence-electron chi connectivity index (χ3n) is 3.81. The summed E-state index contributed by atoms with van der Waals surface area (Å²) >= 11 is 0. The van der Waals surface area contributed by atoms with Gasteiger partial charge in [0.1, 0.15) is 6.54 Å². The monoisotopic (exact) mass is 426 g/mol. The first-order valence-corrected chi connectivity index (χ1v) is 7.50.